The normalized spacial score (nSPS) is 12.2. The summed E-state index contributed by atoms with van der Waals surface area (Å²) in [4.78, 5) is 14.0. The minimum Gasteiger partial charge on any atom is -0.508 e. The molecule has 0 radical (unpaired) electrons. The molecule has 1 atom stereocenters. The second-order valence-electron chi connectivity index (χ2n) is 4.60. The molecule has 0 heterocycles. The van der Waals surface area contributed by atoms with Crippen molar-refractivity contribution in [3.05, 3.63) is 23.8 Å². The van der Waals surface area contributed by atoms with Gasteiger partial charge in [-0.1, -0.05) is 20.3 Å². The highest BCUT2D eigenvalue weighted by molar-refractivity contribution is 5.95. The summed E-state index contributed by atoms with van der Waals surface area (Å²) in [5, 5.41) is 18.8. The number of benzene rings is 1. The van der Waals surface area contributed by atoms with Crippen LogP contribution in [0.5, 0.6) is 11.5 Å². The highest BCUT2D eigenvalue weighted by atomic mass is 16.3. The molecular weight excluding hydrogens is 230 g/mol. The van der Waals surface area contributed by atoms with Gasteiger partial charge in [0, 0.05) is 24.7 Å². The Kier molecular flexibility index (Phi) is 5.01. The van der Waals surface area contributed by atoms with E-state index in [4.69, 9.17) is 0 Å². The van der Waals surface area contributed by atoms with Crippen LogP contribution in [0.15, 0.2) is 18.2 Å². The van der Waals surface area contributed by atoms with Crippen molar-refractivity contribution >= 4 is 5.91 Å². The van der Waals surface area contributed by atoms with Gasteiger partial charge in [-0.15, -0.1) is 0 Å². The standard InChI is InChI=1S/C14H21NO3/c1-4-10(3)9-15(5-2)14(18)11-6-12(16)8-13(17)7-11/h6-8,10,16-17H,4-5,9H2,1-3H3. The molecule has 0 saturated heterocycles. The fourth-order valence-electron chi connectivity index (χ4n) is 1.76. The monoisotopic (exact) mass is 251 g/mol. The minimum atomic E-state index is -0.163. The number of hydrogen-bond acceptors (Lipinski definition) is 3. The van der Waals surface area contributed by atoms with Gasteiger partial charge in [-0.25, -0.2) is 0 Å². The zero-order valence-electron chi connectivity index (χ0n) is 11.2. The lowest BCUT2D eigenvalue weighted by molar-refractivity contribution is 0.0740. The number of phenolic OH excluding ortho intramolecular Hbond substituents is 2. The van der Waals surface area contributed by atoms with E-state index in [0.717, 1.165) is 6.42 Å². The van der Waals surface area contributed by atoms with Crippen LogP contribution in [0, 0.1) is 5.92 Å². The zero-order valence-corrected chi connectivity index (χ0v) is 11.2. The number of carbonyl (C=O) groups excluding carboxylic acids is 1. The average molecular weight is 251 g/mol. The number of amides is 1. The van der Waals surface area contributed by atoms with Crippen LogP contribution >= 0.6 is 0 Å². The second-order valence-corrected chi connectivity index (χ2v) is 4.60. The van der Waals surface area contributed by atoms with Crippen molar-refractivity contribution in [3.63, 3.8) is 0 Å². The average Bonchev–Trinajstić information content (AvgIpc) is 2.33. The lowest BCUT2D eigenvalue weighted by Gasteiger charge is -2.24. The summed E-state index contributed by atoms with van der Waals surface area (Å²) in [6.45, 7) is 7.39. The molecule has 4 heteroatoms. The predicted molar refractivity (Wildman–Crippen MR) is 70.8 cm³/mol. The Hall–Kier alpha value is -1.71. The Morgan fingerprint density at radius 1 is 1.22 bits per heavy atom. The number of hydrogen-bond donors (Lipinski definition) is 2. The van der Waals surface area contributed by atoms with Gasteiger partial charge in [0.15, 0.2) is 0 Å². The molecule has 100 valence electrons. The first-order chi connectivity index (χ1) is 8.47. The molecule has 0 bridgehead atoms. The summed E-state index contributed by atoms with van der Waals surface area (Å²) >= 11 is 0. The number of aromatic hydroxyl groups is 2. The quantitative estimate of drug-likeness (QED) is 0.845. The molecule has 0 aliphatic rings. The molecule has 0 aliphatic carbocycles. The third kappa shape index (κ3) is 3.65. The van der Waals surface area contributed by atoms with Crippen LogP contribution in [-0.4, -0.2) is 34.1 Å². The molecule has 4 nitrogen and oxygen atoms in total. The SMILES string of the molecule is CCC(C)CN(CC)C(=O)c1cc(O)cc(O)c1. The highest BCUT2D eigenvalue weighted by Crippen LogP contribution is 2.21. The maximum atomic E-state index is 12.2. The van der Waals surface area contributed by atoms with E-state index in [-0.39, 0.29) is 17.4 Å². The molecule has 2 N–H and O–H groups in total. The molecule has 0 saturated carbocycles. The number of phenols is 2. The van der Waals surface area contributed by atoms with Gasteiger partial charge < -0.3 is 15.1 Å². The molecule has 1 aromatic carbocycles. The van der Waals surface area contributed by atoms with E-state index in [1.165, 1.54) is 18.2 Å². The van der Waals surface area contributed by atoms with Crippen molar-refractivity contribution in [2.45, 2.75) is 27.2 Å². The molecule has 1 amide bonds. The van der Waals surface area contributed by atoms with Crippen molar-refractivity contribution in [1.82, 2.24) is 4.90 Å². The number of rotatable bonds is 5. The van der Waals surface area contributed by atoms with Gasteiger partial charge in [-0.3, -0.25) is 4.79 Å². The van der Waals surface area contributed by atoms with E-state index in [0.29, 0.717) is 24.6 Å². The van der Waals surface area contributed by atoms with Gasteiger partial charge in [0.2, 0.25) is 0 Å². The van der Waals surface area contributed by atoms with E-state index in [1.807, 2.05) is 6.92 Å². The van der Waals surface area contributed by atoms with Gasteiger partial charge in [-0.05, 0) is 25.0 Å². The lowest BCUT2D eigenvalue weighted by Crippen LogP contribution is -2.34. The molecule has 0 fully saturated rings. The smallest absolute Gasteiger partial charge is 0.254 e. The van der Waals surface area contributed by atoms with Crippen LogP contribution in [-0.2, 0) is 0 Å². The van der Waals surface area contributed by atoms with Gasteiger partial charge in [-0.2, -0.15) is 0 Å². The van der Waals surface area contributed by atoms with Crippen molar-refractivity contribution in [1.29, 1.82) is 0 Å². The number of nitrogens with zero attached hydrogens (tertiary/aromatic N) is 1. The largest absolute Gasteiger partial charge is 0.508 e. The third-order valence-electron chi connectivity index (χ3n) is 3.05. The summed E-state index contributed by atoms with van der Waals surface area (Å²) < 4.78 is 0. The van der Waals surface area contributed by atoms with Crippen molar-refractivity contribution in [2.24, 2.45) is 5.92 Å². The Balaban J connectivity index is 2.89. The molecule has 18 heavy (non-hydrogen) atoms. The molecular formula is C14H21NO3. The Morgan fingerprint density at radius 3 is 2.22 bits per heavy atom. The van der Waals surface area contributed by atoms with Crippen LogP contribution in [0.4, 0.5) is 0 Å². The minimum absolute atomic E-state index is 0.0991. The van der Waals surface area contributed by atoms with E-state index in [9.17, 15) is 15.0 Å². The Morgan fingerprint density at radius 2 is 1.78 bits per heavy atom. The highest BCUT2D eigenvalue weighted by Gasteiger charge is 2.17. The van der Waals surface area contributed by atoms with Gasteiger partial charge in [0.25, 0.3) is 5.91 Å². The van der Waals surface area contributed by atoms with Crippen LogP contribution in [0.1, 0.15) is 37.6 Å². The Bertz CT molecular complexity index is 397. The molecule has 0 spiro atoms. The van der Waals surface area contributed by atoms with Crippen LogP contribution in [0.2, 0.25) is 0 Å². The predicted octanol–water partition coefficient (Wildman–Crippen LogP) is 2.61. The first-order valence-electron chi connectivity index (χ1n) is 6.30. The summed E-state index contributed by atoms with van der Waals surface area (Å²) in [5.74, 6) is 0.0692. The second kappa shape index (κ2) is 6.28. The third-order valence-corrected chi connectivity index (χ3v) is 3.05. The van der Waals surface area contributed by atoms with Gasteiger partial charge in [0.05, 0.1) is 0 Å². The number of carbonyl (C=O) groups is 1. The first kappa shape index (κ1) is 14.4. The lowest BCUT2D eigenvalue weighted by atomic mass is 10.1. The van der Waals surface area contributed by atoms with Crippen LogP contribution in [0.3, 0.4) is 0 Å². The molecule has 1 rings (SSSR count). The summed E-state index contributed by atoms with van der Waals surface area (Å²) in [5.41, 5.74) is 0.317. The first-order valence-corrected chi connectivity index (χ1v) is 6.30. The molecule has 1 aromatic rings. The summed E-state index contributed by atoms with van der Waals surface area (Å²) in [6, 6.07) is 3.96. The summed E-state index contributed by atoms with van der Waals surface area (Å²) in [6.07, 6.45) is 1.01. The summed E-state index contributed by atoms with van der Waals surface area (Å²) in [7, 11) is 0. The van der Waals surface area contributed by atoms with Crippen molar-refractivity contribution in [3.8, 4) is 11.5 Å². The van der Waals surface area contributed by atoms with Gasteiger partial charge >= 0.3 is 0 Å². The van der Waals surface area contributed by atoms with E-state index < -0.39 is 0 Å². The maximum Gasteiger partial charge on any atom is 0.254 e. The Labute approximate surface area is 108 Å². The van der Waals surface area contributed by atoms with E-state index in [2.05, 4.69) is 13.8 Å². The zero-order chi connectivity index (χ0) is 13.7. The van der Waals surface area contributed by atoms with Crippen molar-refractivity contribution in [2.75, 3.05) is 13.1 Å². The van der Waals surface area contributed by atoms with Crippen LogP contribution in [0.25, 0.3) is 0 Å². The van der Waals surface area contributed by atoms with E-state index >= 15 is 0 Å². The van der Waals surface area contributed by atoms with Crippen LogP contribution < -0.4 is 0 Å². The topological polar surface area (TPSA) is 60.8 Å². The molecule has 0 aliphatic heterocycles. The fraction of sp³-hybridized carbons (Fsp3) is 0.500. The maximum absolute atomic E-state index is 12.2. The fourth-order valence-corrected chi connectivity index (χ4v) is 1.76. The van der Waals surface area contributed by atoms with Crippen molar-refractivity contribution < 1.29 is 15.0 Å². The van der Waals surface area contributed by atoms with E-state index in [1.54, 1.807) is 4.90 Å². The molecule has 0 aromatic heterocycles. The van der Waals surface area contributed by atoms with Gasteiger partial charge in [0.1, 0.15) is 11.5 Å². The molecule has 1 unspecified atom stereocenters.